The standard InChI is InChI=1S/C26H29N5O/c1-28-17-18-7-9-20(10-8-18)26-30-23(24-25(27)29-15-16-31(24)26)19-11-13-22(14-12-19)32-21-5-3-2-4-6-21/h2-6,11-16,18,20,28H,7-10,17H2,1H3,(H2,27,29)/t18-,20-. The summed E-state index contributed by atoms with van der Waals surface area (Å²) < 4.78 is 8.09. The molecule has 2 aromatic heterocycles. The zero-order chi connectivity index (χ0) is 21.9. The Hall–Kier alpha value is -3.38. The first kappa shape index (κ1) is 20.5. The van der Waals surface area contributed by atoms with Gasteiger partial charge >= 0.3 is 0 Å². The highest BCUT2D eigenvalue weighted by atomic mass is 16.5. The summed E-state index contributed by atoms with van der Waals surface area (Å²) in [4.78, 5) is 9.46. The monoisotopic (exact) mass is 427 g/mol. The summed E-state index contributed by atoms with van der Waals surface area (Å²) in [7, 11) is 2.03. The van der Waals surface area contributed by atoms with E-state index in [1.54, 1.807) is 6.20 Å². The van der Waals surface area contributed by atoms with Crippen LogP contribution in [0.25, 0.3) is 16.8 Å². The Bertz CT molecular complexity index is 1180. The summed E-state index contributed by atoms with van der Waals surface area (Å²) in [5, 5.41) is 3.32. The SMILES string of the molecule is CNC[C@H]1CC[C@H](c2nc(-c3ccc(Oc4ccccc4)cc3)c3c(N)nccn32)CC1. The number of para-hydroxylation sites is 1. The number of nitrogens with zero attached hydrogens (tertiary/aromatic N) is 3. The Morgan fingerprint density at radius 1 is 1.00 bits per heavy atom. The van der Waals surface area contributed by atoms with Crippen LogP contribution >= 0.6 is 0 Å². The molecule has 0 spiro atoms. The van der Waals surface area contributed by atoms with Gasteiger partial charge in [-0.05, 0) is 81.6 Å². The number of nitrogens with one attached hydrogen (secondary N) is 1. The van der Waals surface area contributed by atoms with Crippen LogP contribution in [0.4, 0.5) is 5.82 Å². The molecule has 0 atom stereocenters. The van der Waals surface area contributed by atoms with Crippen molar-refractivity contribution in [2.24, 2.45) is 5.92 Å². The van der Waals surface area contributed by atoms with Gasteiger partial charge < -0.3 is 15.8 Å². The van der Waals surface area contributed by atoms with Crippen molar-refractivity contribution >= 4 is 11.3 Å². The molecule has 0 bridgehead atoms. The van der Waals surface area contributed by atoms with Crippen molar-refractivity contribution < 1.29 is 4.74 Å². The topological polar surface area (TPSA) is 77.5 Å². The average Bonchev–Trinajstić information content (AvgIpc) is 3.22. The van der Waals surface area contributed by atoms with E-state index in [4.69, 9.17) is 15.5 Å². The molecule has 2 heterocycles. The first-order valence-electron chi connectivity index (χ1n) is 11.3. The second-order valence-electron chi connectivity index (χ2n) is 8.56. The number of nitrogen functional groups attached to an aromatic ring is 1. The lowest BCUT2D eigenvalue weighted by Crippen LogP contribution is -2.24. The fraction of sp³-hybridized carbons (Fsp3) is 0.308. The van der Waals surface area contributed by atoms with Gasteiger partial charge in [-0.1, -0.05) is 18.2 Å². The van der Waals surface area contributed by atoms with Crippen molar-refractivity contribution in [2.45, 2.75) is 31.6 Å². The predicted molar refractivity (Wildman–Crippen MR) is 128 cm³/mol. The van der Waals surface area contributed by atoms with Gasteiger partial charge in [0, 0.05) is 23.9 Å². The van der Waals surface area contributed by atoms with Gasteiger partial charge in [0.25, 0.3) is 0 Å². The Morgan fingerprint density at radius 2 is 1.72 bits per heavy atom. The molecule has 0 aliphatic heterocycles. The second-order valence-corrected chi connectivity index (χ2v) is 8.56. The molecule has 0 radical (unpaired) electrons. The van der Waals surface area contributed by atoms with Gasteiger partial charge in [-0.25, -0.2) is 9.97 Å². The van der Waals surface area contributed by atoms with Crippen LogP contribution in [-0.2, 0) is 0 Å². The van der Waals surface area contributed by atoms with Crippen molar-refractivity contribution in [1.29, 1.82) is 0 Å². The van der Waals surface area contributed by atoms with Crippen molar-refractivity contribution in [3.63, 3.8) is 0 Å². The van der Waals surface area contributed by atoms with Gasteiger partial charge in [0.05, 0.1) is 0 Å². The third kappa shape index (κ3) is 4.06. The number of anilines is 1. The Labute approximate surface area is 188 Å². The summed E-state index contributed by atoms with van der Waals surface area (Å²) in [5.74, 6) is 4.40. The molecule has 2 aromatic carbocycles. The highest BCUT2D eigenvalue weighted by molar-refractivity contribution is 5.85. The number of ether oxygens (including phenoxy) is 1. The van der Waals surface area contributed by atoms with E-state index in [2.05, 4.69) is 14.7 Å². The van der Waals surface area contributed by atoms with Gasteiger partial charge in [0.15, 0.2) is 0 Å². The molecule has 6 nitrogen and oxygen atoms in total. The lowest BCUT2D eigenvalue weighted by atomic mass is 9.81. The summed E-state index contributed by atoms with van der Waals surface area (Å²) >= 11 is 0. The highest BCUT2D eigenvalue weighted by Gasteiger charge is 2.27. The third-order valence-electron chi connectivity index (χ3n) is 6.42. The van der Waals surface area contributed by atoms with Crippen molar-refractivity contribution in [1.82, 2.24) is 19.7 Å². The van der Waals surface area contributed by atoms with E-state index in [1.165, 1.54) is 12.8 Å². The van der Waals surface area contributed by atoms with Crippen LogP contribution in [0.15, 0.2) is 67.0 Å². The van der Waals surface area contributed by atoms with Crippen LogP contribution in [0.1, 0.15) is 37.4 Å². The number of hydrogen-bond acceptors (Lipinski definition) is 5. The number of imidazole rings is 1. The highest BCUT2D eigenvalue weighted by Crippen LogP contribution is 2.38. The van der Waals surface area contributed by atoms with E-state index in [0.717, 1.165) is 59.4 Å². The summed E-state index contributed by atoms with van der Waals surface area (Å²) in [6.07, 6.45) is 8.50. The van der Waals surface area contributed by atoms with Crippen LogP contribution in [0.2, 0.25) is 0 Å². The number of aromatic nitrogens is 3. The fourth-order valence-corrected chi connectivity index (χ4v) is 4.80. The number of nitrogens with two attached hydrogens (primary N) is 1. The summed E-state index contributed by atoms with van der Waals surface area (Å²) in [6.45, 7) is 1.09. The molecule has 0 unspecified atom stereocenters. The lowest BCUT2D eigenvalue weighted by Gasteiger charge is -2.27. The van der Waals surface area contributed by atoms with Gasteiger partial charge in [0.1, 0.15) is 34.4 Å². The van der Waals surface area contributed by atoms with Crippen molar-refractivity contribution in [3.05, 3.63) is 72.8 Å². The van der Waals surface area contributed by atoms with Crippen LogP contribution in [0.3, 0.4) is 0 Å². The normalized spacial score (nSPS) is 18.7. The molecule has 1 fully saturated rings. The Balaban J connectivity index is 1.45. The fourth-order valence-electron chi connectivity index (χ4n) is 4.80. The largest absolute Gasteiger partial charge is 0.457 e. The molecule has 4 aromatic rings. The van der Waals surface area contributed by atoms with E-state index in [-0.39, 0.29) is 0 Å². The predicted octanol–water partition coefficient (Wildman–Crippen LogP) is 5.26. The Morgan fingerprint density at radius 3 is 2.44 bits per heavy atom. The molecule has 0 amide bonds. The minimum atomic E-state index is 0.437. The Kier molecular flexibility index (Phi) is 5.77. The van der Waals surface area contributed by atoms with Crippen molar-refractivity contribution in [2.75, 3.05) is 19.3 Å². The minimum absolute atomic E-state index is 0.437. The molecule has 1 aliphatic carbocycles. The first-order valence-corrected chi connectivity index (χ1v) is 11.3. The van der Waals surface area contributed by atoms with E-state index in [1.807, 2.05) is 67.8 Å². The third-order valence-corrected chi connectivity index (χ3v) is 6.42. The van der Waals surface area contributed by atoms with Crippen LogP contribution in [0, 0.1) is 5.92 Å². The van der Waals surface area contributed by atoms with Gasteiger partial charge in [-0.2, -0.15) is 0 Å². The van der Waals surface area contributed by atoms with Crippen LogP contribution < -0.4 is 15.8 Å². The zero-order valence-corrected chi connectivity index (χ0v) is 18.4. The average molecular weight is 428 g/mol. The molecular formula is C26H29N5O. The minimum Gasteiger partial charge on any atom is -0.457 e. The maximum atomic E-state index is 6.33. The van der Waals surface area contributed by atoms with E-state index in [0.29, 0.717) is 11.7 Å². The number of fused-ring (bicyclic) bond motifs is 1. The molecule has 1 saturated carbocycles. The van der Waals surface area contributed by atoms with E-state index < -0.39 is 0 Å². The molecule has 5 rings (SSSR count). The van der Waals surface area contributed by atoms with E-state index in [9.17, 15) is 0 Å². The van der Waals surface area contributed by atoms with Gasteiger partial charge in [-0.3, -0.25) is 4.40 Å². The zero-order valence-electron chi connectivity index (χ0n) is 18.4. The smallest absolute Gasteiger partial charge is 0.150 e. The summed E-state index contributed by atoms with van der Waals surface area (Å²) in [5.41, 5.74) is 9.11. The maximum Gasteiger partial charge on any atom is 0.150 e. The number of rotatable bonds is 6. The molecule has 164 valence electrons. The molecule has 3 N–H and O–H groups in total. The van der Waals surface area contributed by atoms with Crippen LogP contribution in [-0.4, -0.2) is 28.0 Å². The van der Waals surface area contributed by atoms with Gasteiger partial charge in [0.2, 0.25) is 0 Å². The van der Waals surface area contributed by atoms with E-state index >= 15 is 0 Å². The summed E-state index contributed by atoms with van der Waals surface area (Å²) in [6, 6.07) is 17.8. The molecule has 0 saturated heterocycles. The molecule has 1 aliphatic rings. The van der Waals surface area contributed by atoms with Crippen molar-refractivity contribution in [3.8, 4) is 22.8 Å². The van der Waals surface area contributed by atoms with Crippen LogP contribution in [0.5, 0.6) is 11.5 Å². The lowest BCUT2D eigenvalue weighted by molar-refractivity contribution is 0.313. The number of benzene rings is 2. The number of hydrogen-bond donors (Lipinski definition) is 2. The molecule has 6 heteroatoms. The molecular weight excluding hydrogens is 398 g/mol. The molecule has 32 heavy (non-hydrogen) atoms. The maximum absolute atomic E-state index is 6.33. The quantitative estimate of drug-likeness (QED) is 0.439. The second kappa shape index (κ2) is 9.01. The first-order chi connectivity index (χ1) is 15.7. The van der Waals surface area contributed by atoms with Gasteiger partial charge in [-0.15, -0.1) is 0 Å².